The van der Waals surface area contributed by atoms with E-state index in [0.29, 0.717) is 21.8 Å². The van der Waals surface area contributed by atoms with Gasteiger partial charge in [-0.25, -0.2) is 0 Å². The Morgan fingerprint density at radius 3 is 2.46 bits per heavy atom. The Morgan fingerprint density at radius 2 is 1.75 bits per heavy atom. The smallest absolute Gasteiger partial charge is 0.257 e. The third-order valence-electron chi connectivity index (χ3n) is 3.97. The maximum Gasteiger partial charge on any atom is 0.257 e. The summed E-state index contributed by atoms with van der Waals surface area (Å²) in [6.07, 6.45) is 2.05. The molecule has 0 radical (unpaired) electrons. The van der Waals surface area contributed by atoms with Crippen LogP contribution in [0.5, 0.6) is 0 Å². The SMILES string of the molecule is O=C(Nc1ccc(I)cc1C(=O)N1CCCC1)c1ccccc1Cl. The van der Waals surface area contributed by atoms with E-state index in [1.807, 2.05) is 17.0 Å². The fraction of sp³-hybridized carbons (Fsp3) is 0.222. The molecule has 0 spiro atoms. The molecule has 0 saturated carbocycles. The number of halogens is 2. The Hall–Kier alpha value is -1.60. The highest BCUT2D eigenvalue weighted by atomic mass is 127. The molecule has 1 aliphatic heterocycles. The molecule has 0 atom stereocenters. The van der Waals surface area contributed by atoms with Gasteiger partial charge in [-0.1, -0.05) is 23.7 Å². The van der Waals surface area contributed by atoms with Gasteiger partial charge in [0.15, 0.2) is 0 Å². The summed E-state index contributed by atoms with van der Waals surface area (Å²) in [7, 11) is 0. The summed E-state index contributed by atoms with van der Waals surface area (Å²) in [6.45, 7) is 1.53. The lowest BCUT2D eigenvalue weighted by Gasteiger charge is -2.18. The van der Waals surface area contributed by atoms with Crippen LogP contribution in [0.2, 0.25) is 5.02 Å². The second kappa shape index (κ2) is 7.53. The fourth-order valence-corrected chi connectivity index (χ4v) is 3.44. The molecule has 3 rings (SSSR count). The molecule has 1 heterocycles. The second-order valence-electron chi connectivity index (χ2n) is 5.62. The first-order valence-corrected chi connectivity index (χ1v) is 9.16. The van der Waals surface area contributed by atoms with E-state index < -0.39 is 0 Å². The zero-order valence-electron chi connectivity index (χ0n) is 12.9. The molecule has 2 aromatic carbocycles. The highest BCUT2D eigenvalue weighted by Gasteiger charge is 2.23. The van der Waals surface area contributed by atoms with Gasteiger partial charge in [-0.15, -0.1) is 0 Å². The first-order chi connectivity index (χ1) is 11.6. The third kappa shape index (κ3) is 3.72. The van der Waals surface area contributed by atoms with Gasteiger partial charge in [0.05, 0.1) is 21.8 Å². The highest BCUT2D eigenvalue weighted by molar-refractivity contribution is 14.1. The van der Waals surface area contributed by atoms with Crippen LogP contribution in [0.3, 0.4) is 0 Å². The molecule has 1 saturated heterocycles. The van der Waals surface area contributed by atoms with E-state index in [-0.39, 0.29) is 11.8 Å². The molecule has 1 fully saturated rings. The molecule has 0 aromatic heterocycles. The Bertz CT molecular complexity index is 788. The number of anilines is 1. The van der Waals surface area contributed by atoms with Gasteiger partial charge in [-0.05, 0) is 65.8 Å². The average molecular weight is 455 g/mol. The van der Waals surface area contributed by atoms with Gasteiger partial charge in [0.1, 0.15) is 0 Å². The first kappa shape index (κ1) is 17.2. The van der Waals surface area contributed by atoms with Crippen molar-refractivity contribution < 1.29 is 9.59 Å². The molecular formula is C18H16ClIN2O2. The molecule has 6 heteroatoms. The fourth-order valence-electron chi connectivity index (χ4n) is 2.73. The van der Waals surface area contributed by atoms with Gasteiger partial charge in [0.2, 0.25) is 0 Å². The molecule has 2 aromatic rings. The van der Waals surface area contributed by atoms with Gasteiger partial charge >= 0.3 is 0 Å². The highest BCUT2D eigenvalue weighted by Crippen LogP contribution is 2.24. The van der Waals surface area contributed by atoms with Gasteiger partial charge in [-0.2, -0.15) is 0 Å². The summed E-state index contributed by atoms with van der Waals surface area (Å²) in [6, 6.07) is 12.3. The summed E-state index contributed by atoms with van der Waals surface area (Å²) in [5, 5.41) is 3.21. The van der Waals surface area contributed by atoms with E-state index in [1.54, 1.807) is 30.3 Å². The topological polar surface area (TPSA) is 49.4 Å². The third-order valence-corrected chi connectivity index (χ3v) is 4.97. The molecule has 0 aliphatic carbocycles. The van der Waals surface area contributed by atoms with Crippen LogP contribution in [-0.2, 0) is 0 Å². The first-order valence-electron chi connectivity index (χ1n) is 7.71. The van der Waals surface area contributed by atoms with Crippen molar-refractivity contribution in [3.8, 4) is 0 Å². The van der Waals surface area contributed by atoms with Crippen LogP contribution >= 0.6 is 34.2 Å². The monoisotopic (exact) mass is 454 g/mol. The normalized spacial score (nSPS) is 13.8. The predicted molar refractivity (Wildman–Crippen MR) is 104 cm³/mol. The standard InChI is InChI=1S/C18H16ClIN2O2/c19-15-6-2-1-5-13(15)17(23)21-16-8-7-12(20)11-14(16)18(24)22-9-3-4-10-22/h1-2,5-8,11H,3-4,9-10H2,(H,21,23). The molecule has 0 unspecified atom stereocenters. The van der Waals surface area contributed by atoms with Gasteiger partial charge in [0.25, 0.3) is 11.8 Å². The molecule has 4 nitrogen and oxygen atoms in total. The van der Waals surface area contributed by atoms with Crippen molar-refractivity contribution in [3.63, 3.8) is 0 Å². The summed E-state index contributed by atoms with van der Waals surface area (Å²) >= 11 is 8.24. The van der Waals surface area contributed by atoms with Crippen LogP contribution in [-0.4, -0.2) is 29.8 Å². The van der Waals surface area contributed by atoms with Crippen LogP contribution in [0.25, 0.3) is 0 Å². The van der Waals surface area contributed by atoms with Crippen molar-refractivity contribution in [3.05, 3.63) is 62.2 Å². The molecule has 1 N–H and O–H groups in total. The van der Waals surface area contributed by atoms with Crippen molar-refractivity contribution in [2.45, 2.75) is 12.8 Å². The minimum Gasteiger partial charge on any atom is -0.339 e. The number of hydrogen-bond donors (Lipinski definition) is 1. The minimum atomic E-state index is -0.322. The molecular weight excluding hydrogens is 439 g/mol. The number of likely N-dealkylation sites (tertiary alicyclic amines) is 1. The van der Waals surface area contributed by atoms with Crippen LogP contribution in [0, 0.1) is 3.57 Å². The largest absolute Gasteiger partial charge is 0.339 e. The number of carbonyl (C=O) groups is 2. The zero-order chi connectivity index (χ0) is 17.1. The van der Waals surface area contributed by atoms with Crippen LogP contribution in [0.4, 0.5) is 5.69 Å². The molecule has 1 aliphatic rings. The van der Waals surface area contributed by atoms with Crippen molar-refractivity contribution in [1.29, 1.82) is 0 Å². The van der Waals surface area contributed by atoms with Crippen molar-refractivity contribution in [1.82, 2.24) is 4.90 Å². The molecule has 0 bridgehead atoms. The Balaban J connectivity index is 1.89. The maximum atomic E-state index is 12.8. The Labute approximate surface area is 159 Å². The molecule has 124 valence electrons. The summed E-state index contributed by atoms with van der Waals surface area (Å²) in [5.74, 6) is -0.363. The number of nitrogens with zero attached hydrogens (tertiary/aromatic N) is 1. The number of amides is 2. The van der Waals surface area contributed by atoms with E-state index in [0.717, 1.165) is 29.5 Å². The predicted octanol–water partition coefficient (Wildman–Crippen LogP) is 4.43. The number of benzene rings is 2. The lowest BCUT2D eigenvalue weighted by molar-refractivity contribution is 0.0794. The number of nitrogens with one attached hydrogen (secondary N) is 1. The number of carbonyl (C=O) groups excluding carboxylic acids is 2. The van der Waals surface area contributed by atoms with Crippen LogP contribution in [0.15, 0.2) is 42.5 Å². The van der Waals surface area contributed by atoms with E-state index in [1.165, 1.54) is 0 Å². The zero-order valence-corrected chi connectivity index (χ0v) is 15.8. The van der Waals surface area contributed by atoms with E-state index in [2.05, 4.69) is 27.9 Å². The molecule has 24 heavy (non-hydrogen) atoms. The second-order valence-corrected chi connectivity index (χ2v) is 7.28. The summed E-state index contributed by atoms with van der Waals surface area (Å²) < 4.78 is 0.950. The maximum absolute atomic E-state index is 12.8. The van der Waals surface area contributed by atoms with Gasteiger partial charge < -0.3 is 10.2 Å². The van der Waals surface area contributed by atoms with E-state index >= 15 is 0 Å². The van der Waals surface area contributed by atoms with E-state index in [4.69, 9.17) is 11.6 Å². The van der Waals surface area contributed by atoms with Crippen molar-refractivity contribution in [2.24, 2.45) is 0 Å². The summed E-state index contributed by atoms with van der Waals surface area (Å²) in [4.78, 5) is 27.1. The quantitative estimate of drug-likeness (QED) is 0.698. The molecule has 2 amide bonds. The van der Waals surface area contributed by atoms with Crippen LogP contribution in [0.1, 0.15) is 33.6 Å². The van der Waals surface area contributed by atoms with Gasteiger partial charge in [-0.3, -0.25) is 9.59 Å². The Morgan fingerprint density at radius 1 is 1.04 bits per heavy atom. The Kier molecular flexibility index (Phi) is 5.40. The van der Waals surface area contributed by atoms with Crippen molar-refractivity contribution in [2.75, 3.05) is 18.4 Å². The number of hydrogen-bond acceptors (Lipinski definition) is 2. The summed E-state index contributed by atoms with van der Waals surface area (Å²) in [5.41, 5.74) is 1.42. The minimum absolute atomic E-state index is 0.0412. The van der Waals surface area contributed by atoms with Crippen LogP contribution < -0.4 is 5.32 Å². The number of rotatable bonds is 3. The van der Waals surface area contributed by atoms with Gasteiger partial charge in [0, 0.05) is 16.7 Å². The van der Waals surface area contributed by atoms with Crippen molar-refractivity contribution >= 4 is 51.7 Å². The lowest BCUT2D eigenvalue weighted by atomic mass is 10.1. The lowest BCUT2D eigenvalue weighted by Crippen LogP contribution is -2.29. The average Bonchev–Trinajstić information content (AvgIpc) is 3.10. The van der Waals surface area contributed by atoms with E-state index in [9.17, 15) is 9.59 Å².